The van der Waals surface area contributed by atoms with Gasteiger partial charge >= 0.3 is 0 Å². The highest BCUT2D eigenvalue weighted by atomic mass is 79.9. The van der Waals surface area contributed by atoms with Crippen molar-refractivity contribution in [1.29, 1.82) is 0 Å². The Kier molecular flexibility index (Phi) is 5.77. The summed E-state index contributed by atoms with van der Waals surface area (Å²) in [6.07, 6.45) is 5.30. The molecule has 1 saturated carbocycles. The lowest BCUT2D eigenvalue weighted by Crippen LogP contribution is -2.59. The number of aliphatic hydroxyl groups excluding tert-OH is 1. The molecule has 1 aliphatic carbocycles. The molecule has 0 aromatic carbocycles. The van der Waals surface area contributed by atoms with E-state index in [0.29, 0.717) is 13.0 Å². The first kappa shape index (κ1) is 18.4. The van der Waals surface area contributed by atoms with Crippen LogP contribution in [-0.2, 0) is 14.2 Å². The topological polar surface area (TPSA) is 47.9 Å². The molecule has 4 nitrogen and oxygen atoms in total. The highest BCUT2D eigenvalue weighted by Gasteiger charge is 2.63. The molecule has 1 saturated heterocycles. The Morgan fingerprint density at radius 2 is 2.18 bits per heavy atom. The van der Waals surface area contributed by atoms with Crippen LogP contribution in [0.4, 0.5) is 0 Å². The van der Waals surface area contributed by atoms with Crippen LogP contribution in [0.2, 0.25) is 0 Å². The number of allylic oxidation sites excluding steroid dienone is 1. The zero-order chi connectivity index (χ0) is 16.4. The Morgan fingerprint density at radius 1 is 1.45 bits per heavy atom. The van der Waals surface area contributed by atoms with Crippen LogP contribution in [0.3, 0.4) is 0 Å². The number of methoxy groups -OCH3 is 1. The number of alkyl halides is 1. The van der Waals surface area contributed by atoms with Crippen LogP contribution in [0.25, 0.3) is 0 Å². The zero-order valence-electron chi connectivity index (χ0n) is 13.9. The average Bonchev–Trinajstić information content (AvgIpc) is 2.87. The minimum absolute atomic E-state index is 0.00530. The standard InChI is InChI=1S/C17H29BrO4/c1-5-7-16-8-13(9-18)22-14(16)15(3,12-19)10-17(11-16,20-4)21-6-2/h5,13-14,19H,1,6-12H2,2-4H3/t13?,14?,15-,16?,17?/m0/s1. The molecule has 1 heterocycles. The lowest BCUT2D eigenvalue weighted by atomic mass is 9.57. The summed E-state index contributed by atoms with van der Waals surface area (Å²) in [4.78, 5) is 0. The predicted molar refractivity (Wildman–Crippen MR) is 90.1 cm³/mol. The Morgan fingerprint density at radius 3 is 2.68 bits per heavy atom. The van der Waals surface area contributed by atoms with Crippen molar-refractivity contribution in [1.82, 2.24) is 0 Å². The van der Waals surface area contributed by atoms with E-state index < -0.39 is 5.79 Å². The van der Waals surface area contributed by atoms with Gasteiger partial charge < -0.3 is 19.3 Å². The van der Waals surface area contributed by atoms with Gasteiger partial charge in [0.2, 0.25) is 0 Å². The lowest BCUT2D eigenvalue weighted by Gasteiger charge is -2.55. The van der Waals surface area contributed by atoms with E-state index in [1.807, 2.05) is 13.0 Å². The molecule has 2 fully saturated rings. The van der Waals surface area contributed by atoms with Crippen LogP contribution >= 0.6 is 15.9 Å². The number of fused-ring (bicyclic) bond motifs is 1. The Labute approximate surface area is 142 Å². The molecule has 5 atom stereocenters. The molecule has 5 heteroatoms. The fourth-order valence-electron chi connectivity index (χ4n) is 4.67. The second kappa shape index (κ2) is 6.89. The second-order valence-electron chi connectivity index (χ2n) is 7.07. The third-order valence-electron chi connectivity index (χ3n) is 5.31. The van der Waals surface area contributed by atoms with Crippen molar-refractivity contribution in [2.45, 2.75) is 57.5 Å². The molecule has 1 aliphatic heterocycles. The molecule has 2 rings (SSSR count). The van der Waals surface area contributed by atoms with Gasteiger partial charge in [-0.2, -0.15) is 0 Å². The van der Waals surface area contributed by atoms with E-state index in [0.717, 1.165) is 24.6 Å². The van der Waals surface area contributed by atoms with Crippen molar-refractivity contribution in [2.75, 3.05) is 25.7 Å². The number of hydrogen-bond donors (Lipinski definition) is 1. The van der Waals surface area contributed by atoms with Crippen molar-refractivity contribution >= 4 is 15.9 Å². The maximum atomic E-state index is 10.1. The maximum Gasteiger partial charge on any atom is 0.169 e. The summed E-state index contributed by atoms with van der Waals surface area (Å²) in [5.74, 6) is -0.656. The van der Waals surface area contributed by atoms with E-state index in [9.17, 15) is 5.11 Å². The predicted octanol–water partition coefficient (Wildman–Crippen LogP) is 3.27. The molecule has 2 aliphatic rings. The van der Waals surface area contributed by atoms with E-state index in [4.69, 9.17) is 14.2 Å². The van der Waals surface area contributed by atoms with Gasteiger partial charge in [-0.05, 0) is 19.8 Å². The second-order valence-corrected chi connectivity index (χ2v) is 7.71. The van der Waals surface area contributed by atoms with Gasteiger partial charge in [0.1, 0.15) is 0 Å². The minimum Gasteiger partial charge on any atom is -0.396 e. The van der Waals surface area contributed by atoms with Crippen molar-refractivity contribution in [2.24, 2.45) is 10.8 Å². The van der Waals surface area contributed by atoms with Gasteiger partial charge in [0.25, 0.3) is 0 Å². The van der Waals surface area contributed by atoms with Gasteiger partial charge in [-0.25, -0.2) is 0 Å². The van der Waals surface area contributed by atoms with Gasteiger partial charge in [-0.3, -0.25) is 0 Å². The first-order valence-corrected chi connectivity index (χ1v) is 9.17. The summed E-state index contributed by atoms with van der Waals surface area (Å²) < 4.78 is 18.2. The third kappa shape index (κ3) is 3.03. The molecule has 0 aromatic rings. The number of rotatable bonds is 7. The van der Waals surface area contributed by atoms with Crippen molar-refractivity contribution in [3.8, 4) is 0 Å². The maximum absolute atomic E-state index is 10.1. The van der Waals surface area contributed by atoms with Gasteiger partial charge in [0.15, 0.2) is 5.79 Å². The van der Waals surface area contributed by atoms with E-state index in [1.165, 1.54) is 0 Å². The van der Waals surface area contributed by atoms with Crippen LogP contribution in [0.1, 0.15) is 39.5 Å². The van der Waals surface area contributed by atoms with E-state index in [1.54, 1.807) is 7.11 Å². The first-order chi connectivity index (χ1) is 10.4. The first-order valence-electron chi connectivity index (χ1n) is 8.05. The monoisotopic (exact) mass is 376 g/mol. The molecule has 0 aromatic heterocycles. The lowest BCUT2D eigenvalue weighted by molar-refractivity contribution is -0.294. The van der Waals surface area contributed by atoms with Crippen LogP contribution < -0.4 is 0 Å². The summed E-state index contributed by atoms with van der Waals surface area (Å²) in [7, 11) is 1.70. The van der Waals surface area contributed by atoms with Crippen LogP contribution in [0.15, 0.2) is 12.7 Å². The fraction of sp³-hybridized carbons (Fsp3) is 0.882. The van der Waals surface area contributed by atoms with Gasteiger partial charge in [0.05, 0.1) is 18.8 Å². The Hall–Kier alpha value is 0.0600. The number of aliphatic hydroxyl groups is 1. The minimum atomic E-state index is -0.656. The molecular weight excluding hydrogens is 348 g/mol. The van der Waals surface area contributed by atoms with Crippen LogP contribution in [0.5, 0.6) is 0 Å². The molecule has 22 heavy (non-hydrogen) atoms. The molecule has 0 radical (unpaired) electrons. The molecule has 0 amide bonds. The molecule has 4 unspecified atom stereocenters. The smallest absolute Gasteiger partial charge is 0.169 e. The van der Waals surface area contributed by atoms with Crippen molar-refractivity contribution in [3.63, 3.8) is 0 Å². The Balaban J connectivity index is 2.44. The van der Waals surface area contributed by atoms with Crippen LogP contribution in [0, 0.1) is 10.8 Å². The SMILES string of the molecule is C=CCC12CC(CBr)OC1[C@](C)(CO)CC(OC)(OCC)C2. The van der Waals surface area contributed by atoms with E-state index >= 15 is 0 Å². The van der Waals surface area contributed by atoms with Crippen molar-refractivity contribution in [3.05, 3.63) is 12.7 Å². The number of halogens is 1. The quantitative estimate of drug-likeness (QED) is 0.420. The van der Waals surface area contributed by atoms with Gasteiger partial charge in [0, 0.05) is 42.7 Å². The van der Waals surface area contributed by atoms with Crippen LogP contribution in [-0.4, -0.2) is 48.8 Å². The highest BCUT2D eigenvalue weighted by molar-refractivity contribution is 9.09. The van der Waals surface area contributed by atoms with Crippen molar-refractivity contribution < 1.29 is 19.3 Å². The fourth-order valence-corrected chi connectivity index (χ4v) is 5.05. The molecule has 0 spiro atoms. The largest absolute Gasteiger partial charge is 0.396 e. The summed E-state index contributed by atoms with van der Waals surface area (Å²) >= 11 is 3.55. The summed E-state index contributed by atoms with van der Waals surface area (Å²) in [6.45, 7) is 8.66. The Bertz CT molecular complexity index is 404. The number of ether oxygens (including phenoxy) is 3. The van der Waals surface area contributed by atoms with Gasteiger partial charge in [-0.15, -0.1) is 6.58 Å². The summed E-state index contributed by atoms with van der Waals surface area (Å²) in [6, 6.07) is 0. The molecule has 128 valence electrons. The zero-order valence-corrected chi connectivity index (χ0v) is 15.5. The number of hydrogen-bond acceptors (Lipinski definition) is 4. The van der Waals surface area contributed by atoms with Gasteiger partial charge in [-0.1, -0.05) is 28.9 Å². The summed E-state index contributed by atoms with van der Waals surface area (Å²) in [5, 5.41) is 10.9. The molecule has 1 N–H and O–H groups in total. The highest BCUT2D eigenvalue weighted by Crippen LogP contribution is 2.60. The average molecular weight is 377 g/mol. The normalized spacial score (nSPS) is 44.8. The van der Waals surface area contributed by atoms with E-state index in [-0.39, 0.29) is 29.6 Å². The van der Waals surface area contributed by atoms with E-state index in [2.05, 4.69) is 29.4 Å². The summed E-state index contributed by atoms with van der Waals surface area (Å²) in [5.41, 5.74) is -0.482. The third-order valence-corrected chi connectivity index (χ3v) is 6.03. The molecular formula is C17H29BrO4. The molecule has 0 bridgehead atoms.